The summed E-state index contributed by atoms with van der Waals surface area (Å²) in [5, 5.41) is 18.6. The van der Waals surface area contributed by atoms with E-state index in [1.807, 2.05) is 47.0 Å². The van der Waals surface area contributed by atoms with Crippen molar-refractivity contribution in [2.75, 3.05) is 40.0 Å². The van der Waals surface area contributed by atoms with Crippen LogP contribution in [-0.4, -0.2) is 64.3 Å². The van der Waals surface area contributed by atoms with Gasteiger partial charge < -0.3 is 19.5 Å². The quantitative estimate of drug-likeness (QED) is 0.404. The molecular weight excluding hydrogens is 454 g/mol. The van der Waals surface area contributed by atoms with Crippen LogP contribution in [0.15, 0.2) is 60.9 Å². The van der Waals surface area contributed by atoms with E-state index < -0.39 is 0 Å². The molecule has 1 aliphatic rings. The minimum Gasteiger partial charge on any atom is -0.497 e. The topological polar surface area (TPSA) is 95.9 Å². The second-order valence-corrected chi connectivity index (χ2v) is 9.00. The molecule has 0 spiro atoms. The molecule has 1 fully saturated rings. The van der Waals surface area contributed by atoms with Gasteiger partial charge in [-0.25, -0.2) is 4.98 Å². The van der Waals surface area contributed by atoms with Crippen LogP contribution in [0, 0.1) is 17.2 Å². The Labute approximate surface area is 210 Å². The number of hydrogen-bond acceptors (Lipinski definition) is 7. The van der Waals surface area contributed by atoms with Crippen LogP contribution in [-0.2, 0) is 0 Å². The van der Waals surface area contributed by atoms with Crippen LogP contribution in [0.4, 0.5) is 0 Å². The van der Waals surface area contributed by atoms with Crippen LogP contribution < -0.4 is 9.47 Å². The number of fused-ring (bicyclic) bond motifs is 1. The fraction of sp³-hybridized carbons (Fsp3) is 0.321. The van der Waals surface area contributed by atoms with Crippen LogP contribution in [0.5, 0.6) is 11.8 Å². The molecule has 3 heterocycles. The van der Waals surface area contributed by atoms with Gasteiger partial charge >= 0.3 is 6.01 Å². The minimum absolute atomic E-state index is 0.172. The summed E-state index contributed by atoms with van der Waals surface area (Å²) in [6.45, 7) is 3.32. The Morgan fingerprint density at radius 3 is 2.61 bits per heavy atom. The smallest absolute Gasteiger partial charge is 0.302 e. The summed E-state index contributed by atoms with van der Waals surface area (Å²) in [6, 6.07) is 17.9. The Hall–Kier alpha value is -3.93. The number of aliphatic hydroxyl groups excluding tert-OH is 1. The highest BCUT2D eigenvalue weighted by Crippen LogP contribution is 2.36. The minimum atomic E-state index is 0.172. The zero-order chi connectivity index (χ0) is 24.9. The molecule has 8 nitrogen and oxygen atoms in total. The van der Waals surface area contributed by atoms with Crippen molar-refractivity contribution >= 4 is 5.65 Å². The highest BCUT2D eigenvalue weighted by molar-refractivity contribution is 5.90. The van der Waals surface area contributed by atoms with E-state index in [-0.39, 0.29) is 6.61 Å². The first-order chi connectivity index (χ1) is 17.7. The van der Waals surface area contributed by atoms with Crippen molar-refractivity contribution in [1.29, 1.82) is 5.26 Å². The molecule has 0 amide bonds. The Balaban J connectivity index is 1.55. The van der Waals surface area contributed by atoms with Crippen LogP contribution in [0.3, 0.4) is 0 Å². The highest BCUT2D eigenvalue weighted by Gasteiger charge is 2.23. The molecule has 2 aromatic heterocycles. The van der Waals surface area contributed by atoms with Crippen LogP contribution in [0.25, 0.3) is 28.0 Å². The fourth-order valence-corrected chi connectivity index (χ4v) is 4.82. The summed E-state index contributed by atoms with van der Waals surface area (Å²) in [7, 11) is 1.65. The molecule has 5 rings (SSSR count). The van der Waals surface area contributed by atoms with Gasteiger partial charge in [0.2, 0.25) is 0 Å². The van der Waals surface area contributed by atoms with Gasteiger partial charge in [0.1, 0.15) is 5.75 Å². The third kappa shape index (κ3) is 4.89. The van der Waals surface area contributed by atoms with Gasteiger partial charge in [0.05, 0.1) is 43.2 Å². The molecule has 1 aliphatic heterocycles. The van der Waals surface area contributed by atoms with Crippen molar-refractivity contribution < 1.29 is 14.6 Å². The van der Waals surface area contributed by atoms with Gasteiger partial charge in [0.25, 0.3) is 0 Å². The maximum Gasteiger partial charge on any atom is 0.302 e. The zero-order valence-corrected chi connectivity index (χ0v) is 20.3. The Kier molecular flexibility index (Phi) is 7.12. The molecule has 8 heteroatoms. The summed E-state index contributed by atoms with van der Waals surface area (Å²) in [5.74, 6) is 1.14. The number of benzene rings is 2. The van der Waals surface area contributed by atoms with E-state index in [0.29, 0.717) is 30.6 Å². The van der Waals surface area contributed by atoms with E-state index in [4.69, 9.17) is 14.5 Å². The summed E-state index contributed by atoms with van der Waals surface area (Å²) in [6.07, 6.45) is 5.80. The normalized spacial score (nSPS) is 16.1. The number of likely N-dealkylation sites (tertiary alicyclic amines) is 1. The largest absolute Gasteiger partial charge is 0.497 e. The van der Waals surface area contributed by atoms with Crippen LogP contribution in [0.2, 0.25) is 0 Å². The Morgan fingerprint density at radius 2 is 1.89 bits per heavy atom. The lowest BCUT2D eigenvalue weighted by Crippen LogP contribution is -2.39. The van der Waals surface area contributed by atoms with Gasteiger partial charge in [-0.2, -0.15) is 10.2 Å². The van der Waals surface area contributed by atoms with E-state index in [0.717, 1.165) is 59.7 Å². The summed E-state index contributed by atoms with van der Waals surface area (Å²) in [5.41, 5.74) is 4.79. The standard InChI is InChI=1S/C28H29N5O3/c1-35-24-10-8-22(9-11-24)25-26(23-6-4-20(17-29)5-7-23)31-28(33-14-12-30-27(25)33)36-19-21-3-2-13-32(18-21)15-16-34/h4-12,14,21,34H,2-3,13,15-16,18-19H2,1H3/t21-/m1/s1. The number of nitrogens with zero attached hydrogens (tertiary/aromatic N) is 5. The number of aliphatic hydroxyl groups is 1. The van der Waals surface area contributed by atoms with Gasteiger partial charge in [-0.05, 0) is 49.2 Å². The molecule has 4 aromatic rings. The van der Waals surface area contributed by atoms with Crippen molar-refractivity contribution in [3.8, 4) is 40.2 Å². The molecule has 1 atom stereocenters. The number of imidazole rings is 1. The van der Waals surface area contributed by atoms with Crippen molar-refractivity contribution in [2.24, 2.45) is 5.92 Å². The average molecular weight is 484 g/mol. The third-order valence-electron chi connectivity index (χ3n) is 6.65. The molecule has 36 heavy (non-hydrogen) atoms. The lowest BCUT2D eigenvalue weighted by Gasteiger charge is -2.32. The molecular formula is C28H29N5O3. The van der Waals surface area contributed by atoms with E-state index in [1.165, 1.54) is 0 Å². The maximum atomic E-state index is 9.31. The zero-order valence-electron chi connectivity index (χ0n) is 20.3. The molecule has 184 valence electrons. The number of β-amino-alcohol motifs (C(OH)–C–C–N with tert-alkyl or cyclic N) is 1. The van der Waals surface area contributed by atoms with Gasteiger partial charge in [0, 0.05) is 37.0 Å². The number of piperidine rings is 1. The second-order valence-electron chi connectivity index (χ2n) is 9.00. The third-order valence-corrected chi connectivity index (χ3v) is 6.65. The summed E-state index contributed by atoms with van der Waals surface area (Å²) < 4.78 is 13.6. The summed E-state index contributed by atoms with van der Waals surface area (Å²) >= 11 is 0. The van der Waals surface area contributed by atoms with E-state index in [2.05, 4.69) is 16.0 Å². The van der Waals surface area contributed by atoms with E-state index in [9.17, 15) is 10.4 Å². The van der Waals surface area contributed by atoms with Gasteiger partial charge in [0.15, 0.2) is 5.65 Å². The molecule has 2 aromatic carbocycles. The van der Waals surface area contributed by atoms with Crippen molar-refractivity contribution in [1.82, 2.24) is 19.3 Å². The Morgan fingerprint density at radius 1 is 1.11 bits per heavy atom. The molecule has 0 bridgehead atoms. The van der Waals surface area contributed by atoms with Gasteiger partial charge in [-0.15, -0.1) is 0 Å². The predicted molar refractivity (Wildman–Crippen MR) is 137 cm³/mol. The first-order valence-corrected chi connectivity index (χ1v) is 12.2. The predicted octanol–water partition coefficient (Wildman–Crippen LogP) is 4.03. The lowest BCUT2D eigenvalue weighted by molar-refractivity contribution is 0.107. The number of ether oxygens (including phenoxy) is 2. The molecule has 0 radical (unpaired) electrons. The van der Waals surface area contributed by atoms with Crippen molar-refractivity contribution in [3.63, 3.8) is 0 Å². The SMILES string of the molecule is COc1ccc(-c2c(-c3ccc(C#N)cc3)nc(OC[C@@H]3CCCN(CCO)C3)n3ccnc23)cc1. The first-order valence-electron chi connectivity index (χ1n) is 12.2. The second kappa shape index (κ2) is 10.8. The first kappa shape index (κ1) is 23.8. The fourth-order valence-electron chi connectivity index (χ4n) is 4.82. The monoisotopic (exact) mass is 483 g/mol. The summed E-state index contributed by atoms with van der Waals surface area (Å²) in [4.78, 5) is 11.9. The van der Waals surface area contributed by atoms with Crippen molar-refractivity contribution in [3.05, 3.63) is 66.5 Å². The lowest BCUT2D eigenvalue weighted by atomic mass is 9.99. The molecule has 0 aliphatic carbocycles. The van der Waals surface area contributed by atoms with Crippen molar-refractivity contribution in [2.45, 2.75) is 12.8 Å². The number of aromatic nitrogens is 3. The van der Waals surface area contributed by atoms with Gasteiger partial charge in [-0.1, -0.05) is 24.3 Å². The molecule has 1 saturated heterocycles. The van der Waals surface area contributed by atoms with E-state index in [1.54, 1.807) is 25.4 Å². The average Bonchev–Trinajstić information content (AvgIpc) is 3.42. The van der Waals surface area contributed by atoms with Crippen LogP contribution in [0.1, 0.15) is 18.4 Å². The highest BCUT2D eigenvalue weighted by atomic mass is 16.5. The van der Waals surface area contributed by atoms with Gasteiger partial charge in [-0.3, -0.25) is 4.40 Å². The van der Waals surface area contributed by atoms with Crippen LogP contribution >= 0.6 is 0 Å². The number of hydrogen-bond donors (Lipinski definition) is 1. The number of rotatable bonds is 8. The maximum absolute atomic E-state index is 9.31. The molecule has 0 unspecified atom stereocenters. The Bertz CT molecular complexity index is 1360. The molecule has 1 N–H and O–H groups in total. The number of methoxy groups -OCH3 is 1. The number of nitriles is 1. The molecule has 0 saturated carbocycles. The van der Waals surface area contributed by atoms with E-state index >= 15 is 0 Å².